The molecule has 1 saturated carbocycles. The molecule has 2 aromatic carbocycles. The number of aliphatic carboxylic acids is 2. The van der Waals surface area contributed by atoms with Crippen LogP contribution in [0.25, 0.3) is 0 Å². The number of rotatable bonds is 12. The number of hydrogen-bond acceptors (Lipinski definition) is 15. The van der Waals surface area contributed by atoms with Gasteiger partial charge in [-0.3, -0.25) is 0 Å². The summed E-state index contributed by atoms with van der Waals surface area (Å²) in [5.74, 6) is -3.71. The van der Waals surface area contributed by atoms with Crippen molar-refractivity contribution in [2.45, 2.75) is 176 Å². The topological polar surface area (TPSA) is 258 Å². The Balaban J connectivity index is 0.000000155. The second kappa shape index (κ2) is 24.7. The number of carboxylic acids is 2. The minimum atomic E-state index is -5.08. The molecule has 12 rings (SSSR count). The SMILES string of the molecule is CN1C[C@@H]2CCC[C@@H]21.CN1C[C@H]2[C@@H]1CCN2S(=O)(=O)c1nc(Nc2c3c(cc4c2CCC4)CCC3)n[nH]1.C[Si](C)(C)CCOCn1nc(S(=O)(=O)Cl)nc1Nc1c2c(cc3c1CCC3)CCC2.O=C(O)C(F)(F)F.O=C(O)C(F)(F)F. The lowest BCUT2D eigenvalue weighted by Gasteiger charge is -2.43. The molecule has 5 N–H and O–H groups in total. The van der Waals surface area contributed by atoms with Gasteiger partial charge in [-0.25, -0.2) is 36.2 Å². The molecule has 0 unspecified atom stereocenters. The molecule has 20 nitrogen and oxygen atoms in total. The number of benzene rings is 2. The number of nitrogens with zero attached hydrogens (tertiary/aromatic N) is 8. The lowest BCUT2D eigenvalue weighted by Crippen LogP contribution is -2.60. The first-order chi connectivity index (χ1) is 37.9. The lowest BCUT2D eigenvalue weighted by molar-refractivity contribution is -0.193. The zero-order valence-electron chi connectivity index (χ0n) is 45.8. The van der Waals surface area contributed by atoms with Crippen LogP contribution < -0.4 is 10.6 Å². The molecule has 3 saturated heterocycles. The molecule has 448 valence electrons. The van der Waals surface area contributed by atoms with Crippen LogP contribution in [0.15, 0.2) is 22.4 Å². The molecular weight excluding hydrogens is 1150 g/mol. The van der Waals surface area contributed by atoms with Crippen molar-refractivity contribution < 1.29 is 67.7 Å². The maximum atomic E-state index is 13.1. The zero-order chi connectivity index (χ0) is 59.0. The first-order valence-corrected chi connectivity index (χ1v) is 34.7. The number of likely N-dealkylation sites (tertiary alicyclic amines) is 2. The molecule has 81 heavy (non-hydrogen) atoms. The van der Waals surface area contributed by atoms with E-state index in [1.165, 1.54) is 87.8 Å². The van der Waals surface area contributed by atoms with Crippen LogP contribution in [-0.2, 0) is 91.5 Å². The van der Waals surface area contributed by atoms with E-state index < -0.39 is 56.6 Å². The van der Waals surface area contributed by atoms with Gasteiger partial charge in [0.15, 0.2) is 0 Å². The normalized spacial score (nSPS) is 21.8. The fourth-order valence-electron chi connectivity index (χ4n) is 12.1. The Morgan fingerprint density at radius 2 is 1.21 bits per heavy atom. The van der Waals surface area contributed by atoms with Crippen molar-refractivity contribution in [2.75, 3.05) is 51.0 Å². The average molecular weight is 1220 g/mol. The van der Waals surface area contributed by atoms with E-state index in [2.05, 4.69) is 84.5 Å². The largest absolute Gasteiger partial charge is 0.490 e. The average Bonchev–Trinajstić information content (AvgIpc) is 4.45. The third-order valence-corrected chi connectivity index (χ3v) is 20.7. The number of sulfonamides is 1. The number of fused-ring (bicyclic) bond motifs is 6. The van der Waals surface area contributed by atoms with Gasteiger partial charge < -0.3 is 35.4 Å². The van der Waals surface area contributed by atoms with E-state index in [9.17, 15) is 43.2 Å². The lowest BCUT2D eigenvalue weighted by atomic mass is 9.93. The summed E-state index contributed by atoms with van der Waals surface area (Å²) >= 11 is 0. The second-order valence-corrected chi connectivity index (χ2v) is 32.9. The third kappa shape index (κ3) is 14.7. The predicted octanol–water partition coefficient (Wildman–Crippen LogP) is 8.21. The van der Waals surface area contributed by atoms with Crippen LogP contribution >= 0.6 is 10.7 Å². The minimum absolute atomic E-state index is 0.0561. The van der Waals surface area contributed by atoms with E-state index in [0.717, 1.165) is 107 Å². The van der Waals surface area contributed by atoms with Crippen molar-refractivity contribution >= 4 is 73.0 Å². The standard InChI is InChI=1S/C20H29ClN4O3SSi.C20H26N6O2S.C7H13N.2C2HF3O2/c1-30(2,3)11-10-28-13-25-19(23-20(24-25)29(21,26)27)22-18-16-8-4-6-14(16)12-15-7-5-9-17(15)18;1-25-11-17-16(25)8-9-26(17)29(27,28)20-22-19(23-24-20)21-18-14-6-2-4-12(14)10-13-5-3-7-15(13)18;1-8-5-6-3-2-4-7(6)8;2*3-2(4,5)1(6)7/h12H,4-11,13H2,1-3H3,(H,22,23,24);10,16-17H,2-9,11H2,1H3,(H2,21,22,23,24);6-7H,2-5H2,1H3;2*(H,6,7)/t;16-,17-;6-,7-;;/m.00../s1. The maximum Gasteiger partial charge on any atom is 0.490 e. The molecule has 4 atom stereocenters. The Labute approximate surface area is 472 Å². The van der Waals surface area contributed by atoms with Crippen LogP contribution in [0.1, 0.15) is 95.9 Å². The molecule has 5 heterocycles. The van der Waals surface area contributed by atoms with Crippen LogP contribution in [0.5, 0.6) is 0 Å². The molecule has 0 amide bonds. The smallest absolute Gasteiger partial charge is 0.475 e. The number of likely N-dealkylation sites (N-methyl/N-ethyl adjacent to an activating group) is 1. The van der Waals surface area contributed by atoms with E-state index in [1.807, 2.05) is 7.05 Å². The number of alkyl halides is 6. The minimum Gasteiger partial charge on any atom is -0.475 e. The van der Waals surface area contributed by atoms with Gasteiger partial charge in [-0.1, -0.05) is 38.2 Å². The molecule has 30 heteroatoms. The monoisotopic (exact) mass is 1220 g/mol. The predicted molar refractivity (Wildman–Crippen MR) is 291 cm³/mol. The summed E-state index contributed by atoms with van der Waals surface area (Å²) < 4.78 is 122. The number of carboxylic acid groups (broad SMARTS) is 2. The number of anilines is 4. The number of aromatic amines is 1. The summed E-state index contributed by atoms with van der Waals surface area (Å²) in [6, 6.07) is 7.14. The van der Waals surface area contributed by atoms with Crippen molar-refractivity contribution in [1.82, 2.24) is 44.1 Å². The second-order valence-electron chi connectivity index (χ2n) is 23.0. The number of nitrogens with one attached hydrogen (secondary N) is 3. The fourth-order valence-corrected chi connectivity index (χ4v) is 15.0. The highest BCUT2D eigenvalue weighted by Gasteiger charge is 2.51. The number of aryl methyl sites for hydroxylation is 4. The Kier molecular flexibility index (Phi) is 19.0. The number of carbonyl (C=O) groups is 2. The summed E-state index contributed by atoms with van der Waals surface area (Å²) in [6.07, 6.45) is 8.39. The van der Waals surface area contributed by atoms with Gasteiger partial charge in [0.05, 0.1) is 6.04 Å². The van der Waals surface area contributed by atoms with Crippen molar-refractivity contribution in [1.29, 1.82) is 0 Å². The molecule has 5 aliphatic carbocycles. The van der Waals surface area contributed by atoms with Gasteiger partial charge in [0.2, 0.25) is 11.9 Å². The van der Waals surface area contributed by atoms with Crippen molar-refractivity contribution in [3.8, 4) is 0 Å². The number of halogens is 7. The summed E-state index contributed by atoms with van der Waals surface area (Å²) in [4.78, 5) is 31.0. The molecule has 4 aromatic rings. The van der Waals surface area contributed by atoms with Crippen LogP contribution in [-0.4, -0.2) is 162 Å². The number of H-pyrrole nitrogens is 1. The van der Waals surface area contributed by atoms with E-state index in [0.29, 0.717) is 31.1 Å². The van der Waals surface area contributed by atoms with Gasteiger partial charge in [-0.2, -0.15) is 40.6 Å². The maximum absolute atomic E-state index is 13.1. The molecular formula is C51H70ClF6N11O9S2Si. The van der Waals surface area contributed by atoms with Gasteiger partial charge >= 0.3 is 24.3 Å². The first-order valence-electron chi connectivity index (χ1n) is 27.2. The molecule has 2 aromatic heterocycles. The molecule has 4 fully saturated rings. The molecule has 0 spiro atoms. The fraction of sp³-hybridized carbons (Fsp3) is 0.647. The van der Waals surface area contributed by atoms with Crippen molar-refractivity contribution in [3.63, 3.8) is 0 Å². The Morgan fingerprint density at radius 3 is 1.63 bits per heavy atom. The Bertz CT molecular complexity index is 3110. The van der Waals surface area contributed by atoms with E-state index in [-0.39, 0.29) is 17.9 Å². The summed E-state index contributed by atoms with van der Waals surface area (Å²) in [6.45, 7) is 10.3. The molecule has 0 bridgehead atoms. The van der Waals surface area contributed by atoms with Crippen molar-refractivity contribution in [3.05, 3.63) is 56.6 Å². The van der Waals surface area contributed by atoms with Gasteiger partial charge in [-0.05, 0) is 167 Å². The Morgan fingerprint density at radius 1 is 0.716 bits per heavy atom. The van der Waals surface area contributed by atoms with Gasteiger partial charge in [0.1, 0.15) is 6.73 Å². The molecule has 0 radical (unpaired) electrons. The highest BCUT2D eigenvalue weighted by atomic mass is 35.7. The number of ether oxygens (including phenoxy) is 1. The van der Waals surface area contributed by atoms with Crippen LogP contribution in [0.3, 0.4) is 0 Å². The first kappa shape index (κ1) is 62.1. The summed E-state index contributed by atoms with van der Waals surface area (Å²) in [5.41, 5.74) is 13.2. The van der Waals surface area contributed by atoms with Gasteiger partial charge in [-0.15, -0.1) is 10.2 Å². The summed E-state index contributed by atoms with van der Waals surface area (Å²) in [7, 11) is 0.911. The zero-order valence-corrected chi connectivity index (χ0v) is 49.2. The third-order valence-electron chi connectivity index (χ3n) is 16.2. The molecule has 8 aliphatic rings. The van der Waals surface area contributed by atoms with E-state index in [4.69, 9.17) is 35.2 Å². The van der Waals surface area contributed by atoms with Crippen LogP contribution in [0.4, 0.5) is 49.6 Å². The van der Waals surface area contributed by atoms with Crippen molar-refractivity contribution in [2.24, 2.45) is 5.92 Å². The quantitative estimate of drug-likeness (QED) is 0.0387. The Hall–Kier alpha value is -4.91. The van der Waals surface area contributed by atoms with E-state index >= 15 is 0 Å². The van der Waals surface area contributed by atoms with Gasteiger partial charge in [0.25, 0.3) is 29.4 Å². The number of aromatic nitrogens is 6. The number of hydrogen-bond donors (Lipinski definition) is 5. The molecule has 3 aliphatic heterocycles. The van der Waals surface area contributed by atoms with Crippen LogP contribution in [0.2, 0.25) is 25.7 Å². The van der Waals surface area contributed by atoms with E-state index in [1.54, 1.807) is 4.31 Å². The highest BCUT2D eigenvalue weighted by Crippen LogP contribution is 2.42. The van der Waals surface area contributed by atoms with Gasteiger partial charge in [0, 0.05) is 68.5 Å². The summed E-state index contributed by atoms with van der Waals surface area (Å²) in [5, 5.41) is 31.6. The highest BCUT2D eigenvalue weighted by molar-refractivity contribution is 8.13. The van der Waals surface area contributed by atoms with Crippen LogP contribution in [0, 0.1) is 5.92 Å².